The van der Waals surface area contributed by atoms with Gasteiger partial charge in [0.1, 0.15) is 5.75 Å². The Morgan fingerprint density at radius 2 is 1.91 bits per heavy atom. The Balaban J connectivity index is 1.78. The average Bonchev–Trinajstić information content (AvgIpc) is 3.07. The third-order valence-corrected chi connectivity index (χ3v) is 6.60. The summed E-state index contributed by atoms with van der Waals surface area (Å²) in [6.45, 7) is 0. The molecule has 4 heteroatoms. The second-order valence-corrected chi connectivity index (χ2v) is 7.34. The van der Waals surface area contributed by atoms with E-state index in [1.807, 2.05) is 48.5 Å². The lowest BCUT2D eigenvalue weighted by Crippen LogP contribution is -2.41. The van der Waals surface area contributed by atoms with Crippen molar-refractivity contribution in [3.05, 3.63) is 65.2 Å². The van der Waals surface area contributed by atoms with Gasteiger partial charge in [-0.3, -0.25) is 4.79 Å². The van der Waals surface area contributed by atoms with E-state index in [9.17, 15) is 9.90 Å². The Morgan fingerprint density at radius 3 is 2.61 bits per heavy atom. The molecule has 2 aliphatic rings. The first-order chi connectivity index (χ1) is 11.2. The zero-order valence-electron chi connectivity index (χ0n) is 12.9. The Morgan fingerprint density at radius 1 is 1.17 bits per heavy atom. The van der Waals surface area contributed by atoms with E-state index in [0.717, 1.165) is 22.4 Å². The maximum Gasteiger partial charge on any atom is 0.173 e. The summed E-state index contributed by atoms with van der Waals surface area (Å²) in [5, 5.41) is 10.7. The quantitative estimate of drug-likeness (QED) is 0.920. The van der Waals surface area contributed by atoms with Crippen LogP contribution in [0.4, 0.5) is 0 Å². The maximum atomic E-state index is 13.1. The number of hydrogen-bond donors (Lipinski definition) is 1. The van der Waals surface area contributed by atoms with Crippen molar-refractivity contribution in [2.75, 3.05) is 12.9 Å². The van der Waals surface area contributed by atoms with Crippen LogP contribution in [-0.2, 0) is 6.42 Å². The molecule has 118 valence electrons. The first kappa shape index (κ1) is 14.8. The molecule has 0 radical (unpaired) electrons. The summed E-state index contributed by atoms with van der Waals surface area (Å²) in [4.78, 5) is 13.1. The van der Waals surface area contributed by atoms with E-state index in [4.69, 9.17) is 4.74 Å². The molecule has 0 saturated carbocycles. The fraction of sp³-hybridized carbons (Fsp3) is 0.316. The van der Waals surface area contributed by atoms with E-state index < -0.39 is 11.5 Å². The molecule has 3 nitrogen and oxygen atoms in total. The fourth-order valence-electron chi connectivity index (χ4n) is 3.85. The van der Waals surface area contributed by atoms with E-state index in [-0.39, 0.29) is 11.0 Å². The second kappa shape index (κ2) is 5.39. The molecule has 4 rings (SSSR count). The zero-order chi connectivity index (χ0) is 16.0. The van der Waals surface area contributed by atoms with Gasteiger partial charge in [-0.15, -0.1) is 11.8 Å². The van der Waals surface area contributed by atoms with Crippen LogP contribution in [-0.4, -0.2) is 29.9 Å². The first-order valence-corrected chi connectivity index (χ1v) is 8.78. The normalized spacial score (nSPS) is 29.0. The van der Waals surface area contributed by atoms with Crippen molar-refractivity contribution in [1.82, 2.24) is 0 Å². The molecule has 1 saturated heterocycles. The number of aliphatic hydroxyl groups is 1. The molecule has 1 aliphatic heterocycles. The van der Waals surface area contributed by atoms with Gasteiger partial charge in [-0.05, 0) is 29.7 Å². The van der Waals surface area contributed by atoms with Crippen molar-refractivity contribution < 1.29 is 14.6 Å². The molecule has 1 heterocycles. The van der Waals surface area contributed by atoms with Crippen molar-refractivity contribution in [2.24, 2.45) is 5.41 Å². The van der Waals surface area contributed by atoms with E-state index in [1.165, 1.54) is 0 Å². The van der Waals surface area contributed by atoms with E-state index >= 15 is 0 Å². The topological polar surface area (TPSA) is 46.5 Å². The summed E-state index contributed by atoms with van der Waals surface area (Å²) in [7, 11) is 1.64. The number of thioether (sulfide) groups is 1. The number of benzene rings is 2. The minimum absolute atomic E-state index is 0.0247. The van der Waals surface area contributed by atoms with Gasteiger partial charge in [0.2, 0.25) is 0 Å². The molecule has 0 aromatic heterocycles. The minimum Gasteiger partial charge on any atom is -0.497 e. The number of hydrogen-bond acceptors (Lipinski definition) is 4. The predicted octanol–water partition coefficient (Wildman–Crippen LogP) is 3.27. The number of rotatable bonds is 2. The van der Waals surface area contributed by atoms with E-state index in [0.29, 0.717) is 12.2 Å². The Kier molecular flexibility index (Phi) is 3.47. The predicted molar refractivity (Wildman–Crippen MR) is 91.1 cm³/mol. The van der Waals surface area contributed by atoms with Gasteiger partial charge in [0.25, 0.3) is 0 Å². The Hall–Kier alpha value is -1.78. The molecule has 23 heavy (non-hydrogen) atoms. The van der Waals surface area contributed by atoms with Gasteiger partial charge in [-0.2, -0.15) is 0 Å². The summed E-state index contributed by atoms with van der Waals surface area (Å²) in [6.07, 6.45) is 0.00635. The number of methoxy groups -OCH3 is 1. The van der Waals surface area contributed by atoms with Crippen LogP contribution in [0.2, 0.25) is 0 Å². The minimum atomic E-state index is -0.733. The number of Topliss-reactive ketones (excluding diaryl/α,β-unsaturated/α-hetero) is 1. The highest BCUT2D eigenvalue weighted by atomic mass is 32.2. The van der Waals surface area contributed by atoms with Gasteiger partial charge >= 0.3 is 0 Å². The molecule has 3 atom stereocenters. The van der Waals surface area contributed by atoms with Crippen LogP contribution in [0.15, 0.2) is 48.5 Å². The molecular weight excluding hydrogens is 308 g/mol. The van der Waals surface area contributed by atoms with Crippen LogP contribution < -0.4 is 4.74 Å². The standard InChI is InChI=1S/C19H18O3S/c1-22-14-8-6-12(7-9-14)18-19(16(20)11-23-18)10-13-4-2-3-5-15(13)17(19)21/h2-9,16,18,20H,10-11H2,1H3/t16-,18+,19+/m1/s1. The van der Waals surface area contributed by atoms with Crippen LogP contribution in [0.25, 0.3) is 0 Å². The number of ketones is 1. The smallest absolute Gasteiger partial charge is 0.173 e. The fourth-order valence-corrected chi connectivity index (χ4v) is 5.52. The Bertz CT molecular complexity index is 755. The van der Waals surface area contributed by atoms with Gasteiger partial charge < -0.3 is 9.84 Å². The lowest BCUT2D eigenvalue weighted by molar-refractivity contribution is 0.0435. The molecule has 1 spiro atoms. The van der Waals surface area contributed by atoms with Crippen LogP contribution in [0.5, 0.6) is 5.75 Å². The number of aliphatic hydroxyl groups excluding tert-OH is 1. The molecule has 0 bridgehead atoms. The number of carbonyl (C=O) groups excluding carboxylic acids is 1. The summed E-state index contributed by atoms with van der Waals surface area (Å²) in [5.41, 5.74) is 2.17. The van der Waals surface area contributed by atoms with Gasteiger partial charge in [-0.1, -0.05) is 36.4 Å². The summed E-state index contributed by atoms with van der Waals surface area (Å²) in [5.74, 6) is 1.48. The van der Waals surface area contributed by atoms with Crippen LogP contribution in [0.3, 0.4) is 0 Å². The highest BCUT2D eigenvalue weighted by molar-refractivity contribution is 7.99. The van der Waals surface area contributed by atoms with Crippen molar-refractivity contribution >= 4 is 17.5 Å². The molecular formula is C19H18O3S. The summed E-state index contributed by atoms with van der Waals surface area (Å²) >= 11 is 1.68. The van der Waals surface area contributed by atoms with E-state index in [1.54, 1.807) is 18.9 Å². The van der Waals surface area contributed by atoms with Crippen LogP contribution in [0, 0.1) is 5.41 Å². The van der Waals surface area contributed by atoms with Crippen molar-refractivity contribution in [2.45, 2.75) is 17.8 Å². The number of carbonyl (C=O) groups is 1. The summed E-state index contributed by atoms with van der Waals surface area (Å²) < 4.78 is 5.22. The molecule has 2 aromatic rings. The van der Waals surface area contributed by atoms with Crippen molar-refractivity contribution in [3.8, 4) is 5.75 Å². The van der Waals surface area contributed by atoms with Gasteiger partial charge in [0.05, 0.1) is 18.6 Å². The SMILES string of the molecule is COc1ccc([C@@H]2SC[C@@H](O)[C@]23Cc2ccccc2C3=O)cc1. The third kappa shape index (κ3) is 2.05. The zero-order valence-corrected chi connectivity index (χ0v) is 13.7. The van der Waals surface area contributed by atoms with Crippen LogP contribution >= 0.6 is 11.8 Å². The monoisotopic (exact) mass is 326 g/mol. The summed E-state index contributed by atoms with van der Waals surface area (Å²) in [6, 6.07) is 15.6. The lowest BCUT2D eigenvalue weighted by atomic mass is 9.73. The maximum absolute atomic E-state index is 13.1. The molecule has 1 aliphatic carbocycles. The lowest BCUT2D eigenvalue weighted by Gasteiger charge is -2.31. The van der Waals surface area contributed by atoms with Crippen LogP contribution in [0.1, 0.15) is 26.7 Å². The molecule has 2 aromatic carbocycles. The molecule has 1 fully saturated rings. The Labute approximate surface area is 139 Å². The average molecular weight is 326 g/mol. The second-order valence-electron chi connectivity index (χ2n) is 6.21. The molecule has 0 unspecified atom stereocenters. The van der Waals surface area contributed by atoms with E-state index in [2.05, 4.69) is 0 Å². The third-order valence-electron chi connectivity index (χ3n) is 5.07. The molecule has 0 amide bonds. The van der Waals surface area contributed by atoms with Gasteiger partial charge in [0.15, 0.2) is 5.78 Å². The highest BCUT2D eigenvalue weighted by Crippen LogP contribution is 2.59. The highest BCUT2D eigenvalue weighted by Gasteiger charge is 2.59. The van der Waals surface area contributed by atoms with Gasteiger partial charge in [0, 0.05) is 16.6 Å². The molecule has 1 N–H and O–H groups in total. The largest absolute Gasteiger partial charge is 0.497 e. The van der Waals surface area contributed by atoms with Gasteiger partial charge in [-0.25, -0.2) is 0 Å². The number of ether oxygens (including phenoxy) is 1. The van der Waals surface area contributed by atoms with Crippen molar-refractivity contribution in [3.63, 3.8) is 0 Å². The number of fused-ring (bicyclic) bond motifs is 1. The van der Waals surface area contributed by atoms with Crippen molar-refractivity contribution in [1.29, 1.82) is 0 Å². The first-order valence-electron chi connectivity index (χ1n) is 7.73.